The van der Waals surface area contributed by atoms with E-state index in [0.29, 0.717) is 17.3 Å². The minimum atomic E-state index is -3.97. The highest BCUT2D eigenvalue weighted by atomic mass is 35.5. The second kappa shape index (κ2) is 11.9. The van der Waals surface area contributed by atoms with Crippen molar-refractivity contribution in [3.05, 3.63) is 46.9 Å². The monoisotopic (exact) mass is 554 g/mol. The number of nitrogens with two attached hydrogens (primary N) is 1. The molecule has 36 heavy (non-hydrogen) atoms. The van der Waals surface area contributed by atoms with Crippen LogP contribution < -0.4 is 15.8 Å². The highest BCUT2D eigenvalue weighted by Crippen LogP contribution is 2.42. The fourth-order valence-corrected chi connectivity index (χ4v) is 6.58. The molecule has 1 aliphatic rings. The number of nitrogens with zero attached hydrogens (tertiary/aromatic N) is 3. The normalized spacial score (nSPS) is 15.5. The Balaban J connectivity index is 0.00000361. The van der Waals surface area contributed by atoms with E-state index >= 15 is 4.39 Å². The zero-order valence-electron chi connectivity index (χ0n) is 20.5. The number of hydrogen-bond acceptors (Lipinski definition) is 8. The fraction of sp³-hybridized carbons (Fsp3) is 0.458. The Labute approximate surface area is 221 Å². The summed E-state index contributed by atoms with van der Waals surface area (Å²) >= 11 is 1.51. The maximum Gasteiger partial charge on any atom is 0.223 e. The number of thiazole rings is 1. The molecule has 2 aromatic heterocycles. The van der Waals surface area contributed by atoms with Crippen LogP contribution in [0.15, 0.2) is 30.5 Å². The van der Waals surface area contributed by atoms with Crippen molar-refractivity contribution >= 4 is 39.7 Å². The Hall–Kier alpha value is -2.18. The fourth-order valence-electron chi connectivity index (χ4n) is 4.36. The molecule has 0 radical (unpaired) electrons. The van der Waals surface area contributed by atoms with Crippen LogP contribution in [0.25, 0.3) is 21.8 Å². The van der Waals surface area contributed by atoms with Gasteiger partial charge >= 0.3 is 0 Å². The van der Waals surface area contributed by atoms with Crippen molar-refractivity contribution in [2.45, 2.75) is 57.2 Å². The highest BCUT2D eigenvalue weighted by Gasteiger charge is 2.29. The van der Waals surface area contributed by atoms with E-state index in [-0.39, 0.29) is 41.9 Å². The van der Waals surface area contributed by atoms with Gasteiger partial charge in [0.2, 0.25) is 16.0 Å². The molecule has 8 nitrogen and oxygen atoms in total. The first-order valence-electron chi connectivity index (χ1n) is 11.8. The summed E-state index contributed by atoms with van der Waals surface area (Å²) in [5, 5.41) is 11.8. The number of aromatic nitrogens is 3. The van der Waals surface area contributed by atoms with Gasteiger partial charge in [-0.1, -0.05) is 19.1 Å². The van der Waals surface area contributed by atoms with Gasteiger partial charge in [0.05, 0.1) is 21.3 Å². The molecule has 1 unspecified atom stereocenters. The van der Waals surface area contributed by atoms with Gasteiger partial charge in [-0.2, -0.15) is 0 Å². The van der Waals surface area contributed by atoms with Gasteiger partial charge < -0.3 is 10.6 Å². The molecule has 4 N–H and O–H groups in total. The van der Waals surface area contributed by atoms with Crippen LogP contribution in [0.4, 0.5) is 10.3 Å². The zero-order valence-corrected chi connectivity index (χ0v) is 22.9. The van der Waals surface area contributed by atoms with Crippen molar-refractivity contribution in [3.8, 4) is 21.8 Å². The quantitative estimate of drug-likeness (QED) is 0.363. The minimum Gasteiger partial charge on any atom is -0.352 e. The topological polar surface area (TPSA) is 123 Å². The molecule has 1 saturated heterocycles. The number of anilines is 1. The number of benzene rings is 1. The van der Waals surface area contributed by atoms with Gasteiger partial charge in [0.1, 0.15) is 11.1 Å². The average molecular weight is 555 g/mol. The molecule has 0 spiro atoms. The number of rotatable bonds is 8. The van der Waals surface area contributed by atoms with Crippen LogP contribution in [0.2, 0.25) is 0 Å². The van der Waals surface area contributed by atoms with E-state index < -0.39 is 21.1 Å². The summed E-state index contributed by atoms with van der Waals surface area (Å²) in [5.41, 5.74) is 1.40. The van der Waals surface area contributed by atoms with E-state index in [2.05, 4.69) is 20.6 Å². The summed E-state index contributed by atoms with van der Waals surface area (Å²) < 4.78 is 40.2. The third-order valence-corrected chi connectivity index (χ3v) is 8.66. The van der Waals surface area contributed by atoms with Crippen molar-refractivity contribution in [1.82, 2.24) is 20.3 Å². The van der Waals surface area contributed by atoms with Gasteiger partial charge in [-0.3, -0.25) is 0 Å². The van der Waals surface area contributed by atoms with Crippen molar-refractivity contribution in [2.24, 2.45) is 5.14 Å². The summed E-state index contributed by atoms with van der Waals surface area (Å²) in [4.78, 5) is 14.6. The van der Waals surface area contributed by atoms with Gasteiger partial charge in [0, 0.05) is 29.3 Å². The summed E-state index contributed by atoms with van der Waals surface area (Å²) in [5.74, 6) is 0.129. The molecule has 0 aliphatic carbocycles. The predicted molar refractivity (Wildman–Crippen MR) is 146 cm³/mol. The molecule has 1 atom stereocenters. The van der Waals surface area contributed by atoms with Gasteiger partial charge in [0.25, 0.3) is 0 Å². The number of sulfonamides is 1. The van der Waals surface area contributed by atoms with Crippen molar-refractivity contribution in [3.63, 3.8) is 0 Å². The third-order valence-electron chi connectivity index (χ3n) is 6.04. The Morgan fingerprint density at radius 1 is 1.22 bits per heavy atom. The molecule has 3 aromatic rings. The SMILES string of the molecule is CCC(c1cccc(-c2nc(C3CCNCC3)sc2-c2ccnc(NC(C)C)n2)c1F)S(N)(=O)=O.Cl. The first-order chi connectivity index (χ1) is 16.7. The Bertz CT molecular complexity index is 1300. The van der Waals surface area contributed by atoms with Crippen LogP contribution in [-0.2, 0) is 10.0 Å². The van der Waals surface area contributed by atoms with E-state index in [9.17, 15) is 8.42 Å². The Kier molecular flexibility index (Phi) is 9.39. The van der Waals surface area contributed by atoms with E-state index in [0.717, 1.165) is 35.8 Å². The molecule has 196 valence electrons. The maximum atomic E-state index is 15.9. The lowest BCUT2D eigenvalue weighted by atomic mass is 9.98. The maximum absolute atomic E-state index is 15.9. The standard InChI is InChI=1S/C24H31FN6O2S2.ClH/c1-4-19(35(26,32)33)16-6-5-7-17(20(16)25)21-22(18-10-13-28-24(30-18)29-14(2)3)34-23(31-21)15-8-11-27-12-9-15;/h5-7,10,13-15,19,27H,4,8-9,11-12H2,1-3H3,(H2,26,32,33)(H,28,29,30);1H. The second-order valence-corrected chi connectivity index (χ2v) is 11.8. The molecular formula is C24H32ClFN6O2S2. The molecule has 0 amide bonds. The lowest BCUT2D eigenvalue weighted by molar-refractivity contribution is 0.459. The van der Waals surface area contributed by atoms with Crippen LogP contribution in [-0.4, -0.2) is 42.5 Å². The zero-order chi connectivity index (χ0) is 25.2. The van der Waals surface area contributed by atoms with Gasteiger partial charge in [0.15, 0.2) is 0 Å². The van der Waals surface area contributed by atoms with Crippen molar-refractivity contribution < 1.29 is 12.8 Å². The van der Waals surface area contributed by atoms with E-state index in [4.69, 9.17) is 10.1 Å². The summed E-state index contributed by atoms with van der Waals surface area (Å²) in [6.45, 7) is 7.48. The summed E-state index contributed by atoms with van der Waals surface area (Å²) in [7, 11) is -3.97. The minimum absolute atomic E-state index is 0. The van der Waals surface area contributed by atoms with Gasteiger partial charge in [-0.25, -0.2) is 32.9 Å². The third kappa shape index (κ3) is 6.20. The molecule has 4 rings (SSSR count). The molecular weight excluding hydrogens is 523 g/mol. The lowest BCUT2D eigenvalue weighted by Gasteiger charge is -2.20. The number of nitrogens with one attached hydrogen (secondary N) is 2. The number of halogens is 2. The van der Waals surface area contributed by atoms with E-state index in [1.165, 1.54) is 17.4 Å². The first-order valence-corrected chi connectivity index (χ1v) is 14.2. The number of hydrogen-bond donors (Lipinski definition) is 3. The number of piperidine rings is 1. The van der Waals surface area contributed by atoms with Crippen LogP contribution in [0.3, 0.4) is 0 Å². The first kappa shape index (κ1) is 28.4. The lowest BCUT2D eigenvalue weighted by Crippen LogP contribution is -2.26. The summed E-state index contributed by atoms with van der Waals surface area (Å²) in [6.07, 6.45) is 3.73. The van der Waals surface area contributed by atoms with Crippen molar-refractivity contribution in [2.75, 3.05) is 18.4 Å². The van der Waals surface area contributed by atoms with Crippen LogP contribution in [0.1, 0.15) is 61.8 Å². The average Bonchev–Trinajstić information content (AvgIpc) is 3.25. The molecule has 12 heteroatoms. The second-order valence-electron chi connectivity index (χ2n) is 9.01. The van der Waals surface area contributed by atoms with Gasteiger partial charge in [-0.15, -0.1) is 23.7 Å². The Morgan fingerprint density at radius 3 is 2.58 bits per heavy atom. The van der Waals surface area contributed by atoms with Crippen LogP contribution >= 0.6 is 23.7 Å². The largest absolute Gasteiger partial charge is 0.352 e. The molecule has 0 saturated carbocycles. The molecule has 1 fully saturated rings. The van der Waals surface area contributed by atoms with Crippen LogP contribution in [0, 0.1) is 5.82 Å². The highest BCUT2D eigenvalue weighted by molar-refractivity contribution is 7.89. The molecule has 1 aromatic carbocycles. The number of primary sulfonamides is 1. The van der Waals surface area contributed by atoms with Gasteiger partial charge in [-0.05, 0) is 58.3 Å². The molecule has 1 aliphatic heterocycles. The smallest absolute Gasteiger partial charge is 0.223 e. The van der Waals surface area contributed by atoms with Crippen LogP contribution in [0.5, 0.6) is 0 Å². The summed E-state index contributed by atoms with van der Waals surface area (Å²) in [6, 6.07) is 6.70. The van der Waals surface area contributed by atoms with E-state index in [1.807, 2.05) is 13.8 Å². The molecule has 0 bridgehead atoms. The van der Waals surface area contributed by atoms with E-state index in [1.54, 1.807) is 31.3 Å². The predicted octanol–water partition coefficient (Wildman–Crippen LogP) is 4.85. The van der Waals surface area contributed by atoms with Crippen molar-refractivity contribution in [1.29, 1.82) is 0 Å². The Morgan fingerprint density at radius 2 is 1.94 bits per heavy atom. The molecule has 3 heterocycles.